The van der Waals surface area contributed by atoms with Gasteiger partial charge in [-0.15, -0.1) is 0 Å². The summed E-state index contributed by atoms with van der Waals surface area (Å²) in [6, 6.07) is 10.6. The summed E-state index contributed by atoms with van der Waals surface area (Å²) in [4.78, 5) is 13.6. The molecule has 2 atom stereocenters. The van der Waals surface area contributed by atoms with E-state index in [9.17, 15) is 4.79 Å². The third-order valence-electron chi connectivity index (χ3n) is 3.43. The van der Waals surface area contributed by atoms with Crippen molar-refractivity contribution in [2.75, 3.05) is 20.2 Å². The lowest BCUT2D eigenvalue weighted by atomic mass is 10.1. The van der Waals surface area contributed by atoms with Gasteiger partial charge in [0, 0.05) is 25.7 Å². The minimum atomic E-state index is -0.339. The van der Waals surface area contributed by atoms with E-state index in [-0.39, 0.29) is 12.1 Å². The predicted molar refractivity (Wildman–Crippen MR) is 70.2 cm³/mol. The van der Waals surface area contributed by atoms with E-state index in [1.807, 2.05) is 6.07 Å². The predicted octanol–water partition coefficient (Wildman–Crippen LogP) is 1.86. The van der Waals surface area contributed by atoms with Crippen molar-refractivity contribution in [1.82, 2.24) is 10.2 Å². The van der Waals surface area contributed by atoms with Crippen LogP contribution in [0.15, 0.2) is 30.3 Å². The molecular formula is C14H20N2O2. The van der Waals surface area contributed by atoms with Crippen molar-refractivity contribution in [3.63, 3.8) is 0 Å². The Bertz CT molecular complexity index is 394. The highest BCUT2D eigenvalue weighted by atomic mass is 16.5. The van der Waals surface area contributed by atoms with Gasteiger partial charge in [-0.3, -0.25) is 4.90 Å². The van der Waals surface area contributed by atoms with Crippen LogP contribution < -0.4 is 5.32 Å². The maximum Gasteiger partial charge on any atom is 0.407 e. The second-order valence-electron chi connectivity index (χ2n) is 4.90. The molecule has 1 fully saturated rings. The molecule has 18 heavy (non-hydrogen) atoms. The number of ether oxygens (including phenoxy) is 1. The number of benzene rings is 1. The minimum Gasteiger partial charge on any atom is -0.453 e. The Morgan fingerprint density at radius 3 is 2.78 bits per heavy atom. The second kappa shape index (κ2) is 5.87. The average molecular weight is 248 g/mol. The fourth-order valence-corrected chi connectivity index (χ4v) is 2.44. The largest absolute Gasteiger partial charge is 0.453 e. The van der Waals surface area contributed by atoms with E-state index in [2.05, 4.69) is 46.1 Å². The summed E-state index contributed by atoms with van der Waals surface area (Å²) in [5, 5.41) is 2.89. The number of likely N-dealkylation sites (tertiary alicyclic amines) is 1. The van der Waals surface area contributed by atoms with E-state index < -0.39 is 0 Å². The number of rotatable bonds is 3. The molecule has 4 heteroatoms. The highest BCUT2D eigenvalue weighted by Crippen LogP contribution is 2.18. The number of methoxy groups -OCH3 is 1. The summed E-state index contributed by atoms with van der Waals surface area (Å²) in [6.07, 6.45) is -0.339. The molecule has 0 bridgehead atoms. The van der Waals surface area contributed by atoms with Crippen LogP contribution in [0.4, 0.5) is 4.79 Å². The minimum absolute atomic E-state index is 0.182. The zero-order valence-corrected chi connectivity index (χ0v) is 10.9. The Morgan fingerprint density at radius 1 is 1.39 bits per heavy atom. The Balaban J connectivity index is 1.88. The van der Waals surface area contributed by atoms with E-state index in [0.29, 0.717) is 5.92 Å². The zero-order chi connectivity index (χ0) is 13.0. The molecule has 0 saturated carbocycles. The molecule has 0 spiro atoms. The second-order valence-corrected chi connectivity index (χ2v) is 4.90. The van der Waals surface area contributed by atoms with E-state index >= 15 is 0 Å². The average Bonchev–Trinajstić information content (AvgIpc) is 2.70. The summed E-state index contributed by atoms with van der Waals surface area (Å²) in [5.41, 5.74) is 1.31. The van der Waals surface area contributed by atoms with E-state index in [1.165, 1.54) is 12.7 Å². The van der Waals surface area contributed by atoms with Crippen LogP contribution in [0.5, 0.6) is 0 Å². The molecule has 2 rings (SSSR count). The number of nitrogens with zero attached hydrogens (tertiary/aromatic N) is 1. The number of nitrogens with one attached hydrogen (secondary N) is 1. The number of alkyl carbamates (subject to hydrolysis) is 1. The highest BCUT2D eigenvalue weighted by molar-refractivity contribution is 5.67. The van der Waals surface area contributed by atoms with Crippen LogP contribution in [0.3, 0.4) is 0 Å². The van der Waals surface area contributed by atoms with Gasteiger partial charge in [0.2, 0.25) is 0 Å². The molecule has 1 amide bonds. The number of amides is 1. The molecule has 1 aliphatic rings. The molecular weight excluding hydrogens is 228 g/mol. The molecule has 1 aliphatic heterocycles. The Kier molecular flexibility index (Phi) is 4.20. The molecule has 1 heterocycles. The van der Waals surface area contributed by atoms with E-state index in [1.54, 1.807) is 0 Å². The molecule has 2 unspecified atom stereocenters. The van der Waals surface area contributed by atoms with Crippen LogP contribution in [0.25, 0.3) is 0 Å². The summed E-state index contributed by atoms with van der Waals surface area (Å²) < 4.78 is 4.65. The molecule has 1 N–H and O–H groups in total. The molecule has 0 aliphatic carbocycles. The highest BCUT2D eigenvalue weighted by Gasteiger charge is 2.30. The van der Waals surface area contributed by atoms with Crippen molar-refractivity contribution in [1.29, 1.82) is 0 Å². The van der Waals surface area contributed by atoms with Crippen molar-refractivity contribution in [3.8, 4) is 0 Å². The number of carbonyl (C=O) groups excluding carboxylic acids is 1. The maximum atomic E-state index is 11.2. The van der Waals surface area contributed by atoms with E-state index in [0.717, 1.165) is 19.6 Å². The van der Waals surface area contributed by atoms with Gasteiger partial charge in [-0.2, -0.15) is 0 Å². The van der Waals surface area contributed by atoms with Gasteiger partial charge in [0.05, 0.1) is 7.11 Å². The lowest BCUT2D eigenvalue weighted by molar-refractivity contribution is 0.164. The van der Waals surface area contributed by atoms with Crippen LogP contribution in [-0.4, -0.2) is 37.2 Å². The monoisotopic (exact) mass is 248 g/mol. The smallest absolute Gasteiger partial charge is 0.407 e. The van der Waals surface area contributed by atoms with Crippen LogP contribution >= 0.6 is 0 Å². The van der Waals surface area contributed by atoms with Gasteiger partial charge in [0.15, 0.2) is 0 Å². The third-order valence-corrected chi connectivity index (χ3v) is 3.43. The van der Waals surface area contributed by atoms with E-state index in [4.69, 9.17) is 0 Å². The van der Waals surface area contributed by atoms with Crippen LogP contribution in [0.2, 0.25) is 0 Å². The first-order chi connectivity index (χ1) is 8.69. The van der Waals surface area contributed by atoms with Crippen molar-refractivity contribution in [3.05, 3.63) is 35.9 Å². The van der Waals surface area contributed by atoms with Crippen molar-refractivity contribution in [2.45, 2.75) is 19.5 Å². The summed E-state index contributed by atoms with van der Waals surface area (Å²) in [6.45, 7) is 4.98. The molecule has 1 aromatic rings. The van der Waals surface area contributed by atoms with Crippen molar-refractivity contribution < 1.29 is 9.53 Å². The zero-order valence-electron chi connectivity index (χ0n) is 10.9. The summed E-state index contributed by atoms with van der Waals surface area (Å²) in [5.74, 6) is 0.452. The standard InChI is InChI=1S/C14H20N2O2/c1-11-8-16(9-12-6-4-3-5-7-12)10-13(11)15-14(17)18-2/h3-7,11,13H,8-10H2,1-2H3,(H,15,17). The fraction of sp³-hybridized carbons (Fsp3) is 0.500. The molecule has 0 radical (unpaired) electrons. The lowest BCUT2D eigenvalue weighted by Gasteiger charge is -2.16. The number of hydrogen-bond acceptors (Lipinski definition) is 3. The quantitative estimate of drug-likeness (QED) is 0.887. The van der Waals surface area contributed by atoms with Gasteiger partial charge in [-0.1, -0.05) is 37.3 Å². The van der Waals surface area contributed by atoms with Gasteiger partial charge in [-0.25, -0.2) is 4.79 Å². The molecule has 1 saturated heterocycles. The van der Waals surface area contributed by atoms with Gasteiger partial charge in [-0.05, 0) is 11.5 Å². The van der Waals surface area contributed by atoms with Gasteiger partial charge >= 0.3 is 6.09 Å². The fourth-order valence-electron chi connectivity index (χ4n) is 2.44. The topological polar surface area (TPSA) is 41.6 Å². The van der Waals surface area contributed by atoms with Crippen molar-refractivity contribution >= 4 is 6.09 Å². The number of hydrogen-bond donors (Lipinski definition) is 1. The Labute approximate surface area is 108 Å². The maximum absolute atomic E-state index is 11.2. The van der Waals surface area contributed by atoms with Crippen LogP contribution in [-0.2, 0) is 11.3 Å². The summed E-state index contributed by atoms with van der Waals surface area (Å²) in [7, 11) is 1.40. The molecule has 0 aromatic heterocycles. The molecule has 4 nitrogen and oxygen atoms in total. The summed E-state index contributed by atoms with van der Waals surface area (Å²) >= 11 is 0. The SMILES string of the molecule is COC(=O)NC1CN(Cc2ccccc2)CC1C. The molecule has 1 aromatic carbocycles. The first kappa shape index (κ1) is 12.9. The van der Waals surface area contributed by atoms with Gasteiger partial charge in [0.1, 0.15) is 0 Å². The van der Waals surface area contributed by atoms with Crippen molar-refractivity contribution in [2.24, 2.45) is 5.92 Å². The van der Waals surface area contributed by atoms with Crippen LogP contribution in [0.1, 0.15) is 12.5 Å². The lowest BCUT2D eigenvalue weighted by Crippen LogP contribution is -2.39. The first-order valence-corrected chi connectivity index (χ1v) is 6.30. The Hall–Kier alpha value is -1.55. The molecule has 98 valence electrons. The first-order valence-electron chi connectivity index (χ1n) is 6.30. The van der Waals surface area contributed by atoms with Gasteiger partial charge in [0.25, 0.3) is 0 Å². The van der Waals surface area contributed by atoms with Crippen LogP contribution in [0, 0.1) is 5.92 Å². The normalized spacial score (nSPS) is 23.9. The third kappa shape index (κ3) is 3.23. The number of carbonyl (C=O) groups is 1. The Morgan fingerprint density at radius 2 is 2.11 bits per heavy atom. The van der Waals surface area contributed by atoms with Gasteiger partial charge < -0.3 is 10.1 Å².